The molecule has 1 aromatic heterocycles. The summed E-state index contributed by atoms with van der Waals surface area (Å²) < 4.78 is 1.76. The minimum absolute atomic E-state index is 0.0994. The number of carbonyl (C=O) groups is 1. The number of hydrogen-bond donors (Lipinski definition) is 2. The van der Waals surface area contributed by atoms with Gasteiger partial charge in [0.25, 0.3) is 11.2 Å². The van der Waals surface area contributed by atoms with Crippen molar-refractivity contribution in [1.82, 2.24) is 9.78 Å². The number of hydrogen-bond acceptors (Lipinski definition) is 6. The van der Waals surface area contributed by atoms with Crippen molar-refractivity contribution in [2.75, 3.05) is 22.6 Å². The topological polar surface area (TPSA) is 110 Å². The van der Waals surface area contributed by atoms with Crippen molar-refractivity contribution in [3.05, 3.63) is 54.8 Å². The summed E-state index contributed by atoms with van der Waals surface area (Å²) in [6, 6.07) is 4.27. The number of nitro groups is 1. The lowest BCUT2D eigenvalue weighted by atomic mass is 10.0. The Morgan fingerprint density at radius 1 is 1.25 bits per heavy atom. The van der Waals surface area contributed by atoms with E-state index in [2.05, 4.69) is 10.4 Å². The van der Waals surface area contributed by atoms with Crippen LogP contribution in [0.5, 0.6) is 0 Å². The van der Waals surface area contributed by atoms with Crippen molar-refractivity contribution in [3.8, 4) is 0 Å². The third-order valence-electron chi connectivity index (χ3n) is 4.89. The second-order valence-corrected chi connectivity index (χ2v) is 9.34. The zero-order chi connectivity index (χ0) is 19.8. The van der Waals surface area contributed by atoms with Gasteiger partial charge in [-0.25, -0.2) is 0 Å². The third-order valence-corrected chi connectivity index (χ3v) is 7.54. The van der Waals surface area contributed by atoms with Crippen LogP contribution in [0.1, 0.15) is 35.3 Å². The largest absolute Gasteiger partial charge is 0.310 e. The van der Waals surface area contributed by atoms with Crippen LogP contribution >= 0.6 is 35.1 Å². The molecule has 1 atom stereocenters. The van der Waals surface area contributed by atoms with E-state index in [4.69, 9.17) is 11.6 Å². The lowest BCUT2D eigenvalue weighted by Crippen LogP contribution is -2.22. The number of benzene rings is 1. The molecule has 2 N–H and O–H groups in total. The normalized spacial score (nSPS) is 20.3. The van der Waals surface area contributed by atoms with E-state index >= 15 is 0 Å². The van der Waals surface area contributed by atoms with Gasteiger partial charge in [-0.15, -0.1) is 11.8 Å². The molecule has 0 radical (unpaired) electrons. The van der Waals surface area contributed by atoms with Crippen molar-refractivity contribution < 1.29 is 9.72 Å². The van der Waals surface area contributed by atoms with Crippen LogP contribution in [-0.2, 0) is 4.79 Å². The van der Waals surface area contributed by atoms with Gasteiger partial charge < -0.3 is 5.32 Å². The molecule has 4 rings (SSSR count). The van der Waals surface area contributed by atoms with E-state index in [1.807, 2.05) is 11.8 Å². The Hall–Kier alpha value is -1.91. The average molecular weight is 441 g/mol. The molecule has 11 heteroatoms. The number of nitrogens with zero attached hydrogens (tertiary/aromatic N) is 2. The van der Waals surface area contributed by atoms with Gasteiger partial charge >= 0.3 is 0 Å². The summed E-state index contributed by atoms with van der Waals surface area (Å²) in [6.07, 6.45) is 1.79. The predicted molar refractivity (Wildman–Crippen MR) is 112 cm³/mol. The number of amides is 1. The first-order valence-electron chi connectivity index (χ1n) is 8.73. The van der Waals surface area contributed by atoms with Gasteiger partial charge in [0.1, 0.15) is 5.82 Å². The highest BCUT2D eigenvalue weighted by Crippen LogP contribution is 2.44. The van der Waals surface area contributed by atoms with Crippen LogP contribution in [0.15, 0.2) is 23.0 Å². The maximum absolute atomic E-state index is 12.9. The van der Waals surface area contributed by atoms with E-state index < -0.39 is 10.2 Å². The lowest BCUT2D eigenvalue weighted by Gasteiger charge is -2.24. The molecule has 0 saturated carbocycles. The highest BCUT2D eigenvalue weighted by atomic mass is 35.5. The van der Waals surface area contributed by atoms with Gasteiger partial charge in [0, 0.05) is 17.2 Å². The highest BCUT2D eigenvalue weighted by molar-refractivity contribution is 8.00. The van der Waals surface area contributed by atoms with Gasteiger partial charge in [0.2, 0.25) is 5.91 Å². The fourth-order valence-corrected chi connectivity index (χ4v) is 6.08. The summed E-state index contributed by atoms with van der Waals surface area (Å²) in [5.41, 5.74) is 0.429. The van der Waals surface area contributed by atoms with Crippen molar-refractivity contribution in [2.45, 2.75) is 24.1 Å². The molecular weight excluding hydrogens is 424 g/mol. The fraction of sp³-hybridized carbons (Fsp3) is 0.412. The van der Waals surface area contributed by atoms with Crippen LogP contribution in [0.4, 0.5) is 11.5 Å². The molecule has 0 unspecified atom stereocenters. The Bertz CT molecular complexity index is 1000. The summed E-state index contributed by atoms with van der Waals surface area (Å²) >= 11 is 9.44. The maximum atomic E-state index is 12.9. The predicted octanol–water partition coefficient (Wildman–Crippen LogP) is 3.58. The molecule has 3 heterocycles. The van der Waals surface area contributed by atoms with Crippen molar-refractivity contribution in [1.29, 1.82) is 0 Å². The number of nitro benzene ring substituents is 1. The number of rotatable bonds is 3. The average Bonchev–Trinajstić information content (AvgIpc) is 2.89. The van der Waals surface area contributed by atoms with E-state index in [0.29, 0.717) is 22.0 Å². The van der Waals surface area contributed by atoms with Crippen molar-refractivity contribution in [2.24, 2.45) is 0 Å². The number of anilines is 1. The van der Waals surface area contributed by atoms with Gasteiger partial charge in [0.05, 0.1) is 27.5 Å². The molecule has 0 bridgehead atoms. The van der Waals surface area contributed by atoms with Crippen LogP contribution in [0, 0.1) is 10.1 Å². The number of thioether (sulfide) groups is 2. The summed E-state index contributed by atoms with van der Waals surface area (Å²) in [4.78, 5) is 35.9. The van der Waals surface area contributed by atoms with Gasteiger partial charge in [0.15, 0.2) is 0 Å². The van der Waals surface area contributed by atoms with E-state index in [1.54, 1.807) is 4.68 Å². The summed E-state index contributed by atoms with van der Waals surface area (Å²) in [5.74, 6) is 2.33. The van der Waals surface area contributed by atoms with E-state index in [-0.39, 0.29) is 28.9 Å². The molecule has 1 aromatic carbocycles. The second-order valence-electron chi connectivity index (χ2n) is 6.62. The number of H-pyrrole nitrogens is 1. The van der Waals surface area contributed by atoms with Crippen molar-refractivity contribution >= 4 is 52.5 Å². The molecule has 0 aliphatic carbocycles. The summed E-state index contributed by atoms with van der Waals surface area (Å²) in [5, 5.41) is 16.7. The monoisotopic (exact) mass is 440 g/mol. The SMILES string of the molecule is O=C1CS[C@@H](c2cc([N+](=O)[O-])ccc2Cl)c2c(n(C3CCSCC3)[nH]c2=O)N1. The van der Waals surface area contributed by atoms with Gasteiger partial charge in [-0.1, -0.05) is 11.6 Å². The Kier molecular flexibility index (Phi) is 5.44. The molecule has 2 aliphatic rings. The molecule has 0 spiro atoms. The molecule has 148 valence electrons. The Morgan fingerprint density at radius 2 is 2.00 bits per heavy atom. The van der Waals surface area contributed by atoms with Crippen LogP contribution in [-0.4, -0.2) is 37.9 Å². The minimum atomic E-state index is -0.579. The van der Waals surface area contributed by atoms with Gasteiger partial charge in [-0.3, -0.25) is 29.5 Å². The van der Waals surface area contributed by atoms with Crippen molar-refractivity contribution in [3.63, 3.8) is 0 Å². The van der Waals surface area contributed by atoms with E-state index in [9.17, 15) is 19.7 Å². The number of non-ortho nitro benzene ring substituents is 1. The van der Waals surface area contributed by atoms with Crippen LogP contribution in [0.3, 0.4) is 0 Å². The molecule has 1 fully saturated rings. The molecular formula is C17H17ClN4O4S2. The third kappa shape index (κ3) is 3.56. The number of halogens is 1. The van der Waals surface area contributed by atoms with E-state index in [0.717, 1.165) is 24.3 Å². The standard InChI is InChI=1S/C17H17ClN4O4S2/c18-12-2-1-10(22(25)26)7-11(12)15-14-16(19-13(23)8-28-15)21(20-17(14)24)9-3-5-27-6-4-9/h1-2,7,9,15H,3-6,8H2,(H,19,23)(H,20,24)/t15-/m0/s1. The molecule has 2 aliphatic heterocycles. The number of aromatic amines is 1. The van der Waals surface area contributed by atoms with Crippen LogP contribution in [0.25, 0.3) is 0 Å². The van der Waals surface area contributed by atoms with Gasteiger partial charge in [-0.2, -0.15) is 11.8 Å². The lowest BCUT2D eigenvalue weighted by molar-refractivity contribution is -0.384. The Morgan fingerprint density at radius 3 is 2.71 bits per heavy atom. The zero-order valence-corrected chi connectivity index (χ0v) is 17.0. The first-order chi connectivity index (χ1) is 13.5. The highest BCUT2D eigenvalue weighted by Gasteiger charge is 2.34. The van der Waals surface area contributed by atoms with Gasteiger partial charge in [-0.05, 0) is 36.0 Å². The zero-order valence-electron chi connectivity index (χ0n) is 14.6. The number of nitrogens with one attached hydrogen (secondary N) is 2. The molecule has 8 nitrogen and oxygen atoms in total. The molecule has 1 amide bonds. The minimum Gasteiger partial charge on any atom is -0.310 e. The number of aromatic nitrogens is 2. The smallest absolute Gasteiger partial charge is 0.270 e. The number of fused-ring (bicyclic) bond motifs is 1. The number of carbonyl (C=O) groups excluding carboxylic acids is 1. The summed E-state index contributed by atoms with van der Waals surface area (Å²) in [7, 11) is 0. The Labute approximate surface area is 173 Å². The molecule has 2 aromatic rings. The Balaban J connectivity index is 1.85. The maximum Gasteiger partial charge on any atom is 0.270 e. The second kappa shape index (κ2) is 7.84. The quantitative estimate of drug-likeness (QED) is 0.557. The van der Waals surface area contributed by atoms with E-state index in [1.165, 1.54) is 30.0 Å². The van der Waals surface area contributed by atoms with Crippen LogP contribution in [0.2, 0.25) is 5.02 Å². The summed E-state index contributed by atoms with van der Waals surface area (Å²) in [6.45, 7) is 0. The van der Waals surface area contributed by atoms with Crippen LogP contribution < -0.4 is 10.9 Å². The first-order valence-corrected chi connectivity index (χ1v) is 11.3. The molecule has 1 saturated heterocycles. The molecule has 28 heavy (non-hydrogen) atoms. The first kappa shape index (κ1) is 19.4. The fourth-order valence-electron chi connectivity index (χ4n) is 3.55.